The lowest BCUT2D eigenvalue weighted by Crippen LogP contribution is -2.14. The average molecular weight is 301 g/mol. The third-order valence-electron chi connectivity index (χ3n) is 2.32. The predicted molar refractivity (Wildman–Crippen MR) is 79.6 cm³/mol. The van der Waals surface area contributed by atoms with E-state index in [4.69, 9.17) is 17.3 Å². The van der Waals surface area contributed by atoms with Gasteiger partial charge in [-0.15, -0.1) is 23.4 Å². The number of primary amides is 1. The maximum Gasteiger partial charge on any atom is 0.227 e. The lowest BCUT2D eigenvalue weighted by atomic mass is 10.2. The molecule has 0 saturated carbocycles. The molecule has 0 heterocycles. The molecule has 0 aromatic heterocycles. The monoisotopic (exact) mass is 300 g/mol. The number of carbonyl (C=O) groups excluding carboxylic acids is 2. The van der Waals surface area contributed by atoms with Crippen LogP contribution in [-0.2, 0) is 9.59 Å². The first-order valence-corrected chi connectivity index (χ1v) is 7.51. The van der Waals surface area contributed by atoms with Gasteiger partial charge in [0.05, 0.1) is 11.4 Å². The van der Waals surface area contributed by atoms with Crippen LogP contribution in [0.25, 0.3) is 0 Å². The van der Waals surface area contributed by atoms with Crippen LogP contribution < -0.4 is 11.1 Å². The van der Waals surface area contributed by atoms with Gasteiger partial charge in [0.1, 0.15) is 0 Å². The molecule has 0 unspecified atom stereocenters. The highest BCUT2D eigenvalue weighted by Crippen LogP contribution is 2.26. The number of unbranched alkanes of at least 4 members (excludes halogenated alkanes) is 1. The number of hydrogen-bond donors (Lipinski definition) is 2. The van der Waals surface area contributed by atoms with Crippen LogP contribution in [0.4, 0.5) is 5.69 Å². The van der Waals surface area contributed by atoms with Crippen LogP contribution in [-0.4, -0.2) is 23.4 Å². The first-order valence-electron chi connectivity index (χ1n) is 5.99. The van der Waals surface area contributed by atoms with E-state index in [1.807, 2.05) is 24.3 Å². The Labute approximate surface area is 122 Å². The second-order valence-corrected chi connectivity index (χ2v) is 5.34. The second-order valence-electron chi connectivity index (χ2n) is 3.95. The maximum absolute atomic E-state index is 11.7. The molecule has 0 bridgehead atoms. The minimum Gasteiger partial charge on any atom is -0.369 e. The van der Waals surface area contributed by atoms with Crippen LogP contribution in [0.2, 0.25) is 0 Å². The molecule has 3 N–H and O–H groups in total. The molecule has 1 aromatic carbocycles. The molecule has 1 rings (SSSR count). The van der Waals surface area contributed by atoms with Crippen molar-refractivity contribution in [1.29, 1.82) is 0 Å². The number of carbonyl (C=O) groups is 2. The topological polar surface area (TPSA) is 72.2 Å². The first kappa shape index (κ1) is 15.9. The van der Waals surface area contributed by atoms with Gasteiger partial charge in [-0.05, 0) is 25.0 Å². The quantitative estimate of drug-likeness (QED) is 0.440. The smallest absolute Gasteiger partial charge is 0.227 e. The Bertz CT molecular complexity index is 440. The van der Waals surface area contributed by atoms with Crippen LogP contribution in [0.1, 0.15) is 19.3 Å². The van der Waals surface area contributed by atoms with Gasteiger partial charge in [-0.25, -0.2) is 0 Å². The fourth-order valence-corrected chi connectivity index (χ4v) is 2.37. The Morgan fingerprint density at radius 3 is 2.68 bits per heavy atom. The van der Waals surface area contributed by atoms with Crippen molar-refractivity contribution < 1.29 is 9.59 Å². The Morgan fingerprint density at radius 2 is 2.00 bits per heavy atom. The number of amides is 2. The molecular weight excluding hydrogens is 284 g/mol. The van der Waals surface area contributed by atoms with E-state index < -0.39 is 0 Å². The number of thioether (sulfide) groups is 1. The summed E-state index contributed by atoms with van der Waals surface area (Å²) in [6.45, 7) is 0. The van der Waals surface area contributed by atoms with Crippen LogP contribution in [0.5, 0.6) is 0 Å². The second kappa shape index (κ2) is 8.82. The number of hydrogen-bond acceptors (Lipinski definition) is 3. The van der Waals surface area contributed by atoms with Crippen LogP contribution in [0.15, 0.2) is 29.2 Å². The van der Waals surface area contributed by atoms with Crippen molar-refractivity contribution in [3.05, 3.63) is 24.3 Å². The Balaban J connectivity index is 2.56. The molecular formula is C13H17ClN2O2S. The highest BCUT2D eigenvalue weighted by Gasteiger charge is 2.07. The average Bonchev–Trinajstić information content (AvgIpc) is 2.38. The van der Waals surface area contributed by atoms with Gasteiger partial charge in [0.25, 0.3) is 0 Å². The number of alkyl halides is 1. The molecule has 0 aliphatic rings. The Morgan fingerprint density at radius 1 is 1.26 bits per heavy atom. The van der Waals surface area contributed by atoms with Crippen molar-refractivity contribution >= 4 is 40.9 Å². The summed E-state index contributed by atoms with van der Waals surface area (Å²) in [5.74, 6) is 0.336. The van der Waals surface area contributed by atoms with Gasteiger partial charge in [0.15, 0.2) is 0 Å². The fraction of sp³-hybridized carbons (Fsp3) is 0.385. The molecule has 0 spiro atoms. The summed E-state index contributed by atoms with van der Waals surface area (Å²) in [6, 6.07) is 7.35. The molecule has 1 aromatic rings. The van der Waals surface area contributed by atoms with Crippen LogP contribution in [0, 0.1) is 0 Å². The fourth-order valence-electron chi connectivity index (χ4n) is 1.44. The molecule has 0 fully saturated rings. The molecule has 0 radical (unpaired) electrons. The summed E-state index contributed by atoms with van der Waals surface area (Å²) in [4.78, 5) is 23.3. The van der Waals surface area contributed by atoms with Crippen LogP contribution >= 0.6 is 23.4 Å². The molecule has 0 saturated heterocycles. The molecule has 19 heavy (non-hydrogen) atoms. The number of anilines is 1. The van der Waals surface area contributed by atoms with Crippen molar-refractivity contribution in [3.63, 3.8) is 0 Å². The van der Waals surface area contributed by atoms with Crippen molar-refractivity contribution in [3.8, 4) is 0 Å². The number of nitrogens with one attached hydrogen (secondary N) is 1. The van der Waals surface area contributed by atoms with Crippen molar-refractivity contribution in [2.24, 2.45) is 5.73 Å². The van der Waals surface area contributed by atoms with Gasteiger partial charge in [-0.3, -0.25) is 9.59 Å². The zero-order chi connectivity index (χ0) is 14.1. The molecule has 4 nitrogen and oxygen atoms in total. The van der Waals surface area contributed by atoms with E-state index in [1.54, 1.807) is 0 Å². The minimum absolute atomic E-state index is 0.0442. The number of nitrogens with two attached hydrogens (primary N) is 1. The lowest BCUT2D eigenvalue weighted by molar-refractivity contribution is -0.116. The van der Waals surface area contributed by atoms with Crippen molar-refractivity contribution in [2.45, 2.75) is 24.2 Å². The SMILES string of the molecule is NC(=O)CSc1ccccc1NC(=O)CCCCCl. The van der Waals surface area contributed by atoms with Gasteiger partial charge < -0.3 is 11.1 Å². The number of para-hydroxylation sites is 1. The van der Waals surface area contributed by atoms with Gasteiger partial charge in [-0.2, -0.15) is 0 Å². The summed E-state index contributed by atoms with van der Waals surface area (Å²) in [5.41, 5.74) is 5.83. The van der Waals surface area contributed by atoms with Crippen molar-refractivity contribution in [1.82, 2.24) is 0 Å². The van der Waals surface area contributed by atoms with Crippen LogP contribution in [0.3, 0.4) is 0 Å². The Kier molecular flexibility index (Phi) is 7.36. The third-order valence-corrected chi connectivity index (χ3v) is 3.68. The first-order chi connectivity index (χ1) is 9.13. The Hall–Kier alpha value is -1.20. The van der Waals surface area contributed by atoms with E-state index in [9.17, 15) is 9.59 Å². The highest BCUT2D eigenvalue weighted by atomic mass is 35.5. The molecule has 104 valence electrons. The predicted octanol–water partition coefficient (Wildman–Crippen LogP) is 2.61. The van der Waals surface area contributed by atoms with Gasteiger partial charge >= 0.3 is 0 Å². The maximum atomic E-state index is 11.7. The minimum atomic E-state index is -0.381. The summed E-state index contributed by atoms with van der Waals surface area (Å²) >= 11 is 6.88. The molecule has 0 aliphatic carbocycles. The standard InChI is InChI=1S/C13H17ClN2O2S/c14-8-4-3-7-13(18)16-10-5-1-2-6-11(10)19-9-12(15)17/h1-2,5-6H,3-4,7-9H2,(H2,15,17)(H,16,18). The molecule has 6 heteroatoms. The lowest BCUT2D eigenvalue weighted by Gasteiger charge is -2.09. The molecule has 0 aliphatic heterocycles. The third kappa shape index (κ3) is 6.50. The van der Waals surface area contributed by atoms with Crippen molar-refractivity contribution in [2.75, 3.05) is 16.9 Å². The van der Waals surface area contributed by atoms with Gasteiger partial charge in [0, 0.05) is 17.2 Å². The number of halogens is 1. The van der Waals surface area contributed by atoms with E-state index in [-0.39, 0.29) is 17.6 Å². The summed E-state index contributed by atoms with van der Waals surface area (Å²) in [6.07, 6.45) is 2.04. The van der Waals surface area contributed by atoms with Gasteiger partial charge in [-0.1, -0.05) is 12.1 Å². The largest absolute Gasteiger partial charge is 0.369 e. The normalized spacial score (nSPS) is 10.2. The van der Waals surface area contributed by atoms with E-state index in [0.717, 1.165) is 17.7 Å². The summed E-state index contributed by atoms with van der Waals surface area (Å²) < 4.78 is 0. The van der Waals surface area contributed by atoms with E-state index in [2.05, 4.69) is 5.32 Å². The summed E-state index contributed by atoms with van der Waals surface area (Å²) in [7, 11) is 0. The zero-order valence-electron chi connectivity index (χ0n) is 10.5. The number of rotatable bonds is 8. The summed E-state index contributed by atoms with van der Waals surface area (Å²) in [5, 5.41) is 2.84. The number of benzene rings is 1. The van der Waals surface area contributed by atoms with E-state index >= 15 is 0 Å². The zero-order valence-corrected chi connectivity index (χ0v) is 12.1. The van der Waals surface area contributed by atoms with Gasteiger partial charge in [0.2, 0.25) is 11.8 Å². The van der Waals surface area contributed by atoms with E-state index in [0.29, 0.717) is 18.0 Å². The van der Waals surface area contributed by atoms with E-state index in [1.165, 1.54) is 11.8 Å². The molecule has 2 amide bonds. The molecule has 0 atom stereocenters. The highest BCUT2D eigenvalue weighted by molar-refractivity contribution is 8.00.